The number of aromatic nitrogens is 5. The number of carbonyl (C=O) groups is 2. The SMILES string of the molecule is O=C1CCN(c2cnccc2CN2CCN(c3ccc(-c4cnc5c(-c6ccnc7ccccc67)cnn5c4)cc3)CC2)C(=O)N1. The van der Waals surface area contributed by atoms with Gasteiger partial charge in [-0.3, -0.25) is 29.9 Å². The summed E-state index contributed by atoms with van der Waals surface area (Å²) in [6.07, 6.45) is 11.4. The Morgan fingerprint density at radius 2 is 1.61 bits per heavy atom. The molecule has 0 spiro atoms. The molecule has 0 unspecified atom stereocenters. The summed E-state index contributed by atoms with van der Waals surface area (Å²) in [6, 6.07) is 20.3. The molecule has 6 aromatic rings. The van der Waals surface area contributed by atoms with E-state index >= 15 is 0 Å². The van der Waals surface area contributed by atoms with Crippen LogP contribution in [-0.2, 0) is 11.3 Å². The van der Waals surface area contributed by atoms with Gasteiger partial charge in [0, 0.05) is 92.7 Å². The first-order chi connectivity index (χ1) is 22.6. The number of urea groups is 1. The molecule has 0 atom stereocenters. The fraction of sp³-hybridized carbons (Fsp3) is 0.200. The van der Waals surface area contributed by atoms with Gasteiger partial charge < -0.3 is 4.90 Å². The summed E-state index contributed by atoms with van der Waals surface area (Å²) >= 11 is 0. The van der Waals surface area contributed by atoms with Gasteiger partial charge in [-0.25, -0.2) is 14.3 Å². The number of fused-ring (bicyclic) bond motifs is 2. The lowest BCUT2D eigenvalue weighted by Gasteiger charge is -2.37. The molecule has 0 aliphatic carbocycles. The van der Waals surface area contributed by atoms with Gasteiger partial charge in [-0.05, 0) is 47.0 Å². The average molecular weight is 610 g/mol. The smallest absolute Gasteiger partial charge is 0.328 e. The Morgan fingerprint density at radius 1 is 0.761 bits per heavy atom. The van der Waals surface area contributed by atoms with Crippen molar-refractivity contribution in [3.05, 3.63) is 103 Å². The molecule has 2 aliphatic rings. The molecule has 6 heterocycles. The zero-order chi connectivity index (χ0) is 31.0. The maximum absolute atomic E-state index is 12.5. The molecule has 11 nitrogen and oxygen atoms in total. The second-order valence-electron chi connectivity index (χ2n) is 11.6. The monoisotopic (exact) mass is 609 g/mol. The van der Waals surface area contributed by atoms with Crippen LogP contribution in [0.5, 0.6) is 0 Å². The first-order valence-corrected chi connectivity index (χ1v) is 15.4. The van der Waals surface area contributed by atoms with Crippen molar-refractivity contribution in [2.24, 2.45) is 0 Å². The highest BCUT2D eigenvalue weighted by Crippen LogP contribution is 2.31. The van der Waals surface area contributed by atoms with E-state index in [4.69, 9.17) is 4.98 Å². The van der Waals surface area contributed by atoms with E-state index in [1.54, 1.807) is 17.3 Å². The molecule has 0 saturated carbocycles. The number of amides is 3. The number of anilines is 2. The zero-order valence-electron chi connectivity index (χ0n) is 25.1. The Morgan fingerprint density at radius 3 is 2.46 bits per heavy atom. The maximum atomic E-state index is 12.5. The topological polar surface area (TPSA) is 112 Å². The van der Waals surface area contributed by atoms with E-state index < -0.39 is 0 Å². The average Bonchev–Trinajstić information content (AvgIpc) is 3.52. The van der Waals surface area contributed by atoms with Gasteiger partial charge in [0.25, 0.3) is 0 Å². The lowest BCUT2D eigenvalue weighted by Crippen LogP contribution is -2.50. The predicted octanol–water partition coefficient (Wildman–Crippen LogP) is 4.78. The van der Waals surface area contributed by atoms with Crippen LogP contribution < -0.4 is 15.1 Å². The molecular formula is C35H31N9O2. The van der Waals surface area contributed by atoms with E-state index in [1.807, 2.05) is 59.6 Å². The first kappa shape index (κ1) is 27.8. The van der Waals surface area contributed by atoms with Crippen LogP contribution in [-0.4, -0.2) is 74.1 Å². The van der Waals surface area contributed by atoms with Crippen LogP contribution in [0.1, 0.15) is 12.0 Å². The van der Waals surface area contributed by atoms with Crippen LogP contribution in [0.15, 0.2) is 97.8 Å². The number of rotatable bonds is 6. The van der Waals surface area contributed by atoms with E-state index in [1.165, 1.54) is 5.69 Å². The molecule has 4 aromatic heterocycles. The number of hydrogen-bond acceptors (Lipinski definition) is 8. The number of para-hydroxylation sites is 1. The van der Waals surface area contributed by atoms with Crippen LogP contribution in [0.4, 0.5) is 16.2 Å². The number of piperazine rings is 1. The summed E-state index contributed by atoms with van der Waals surface area (Å²) in [5.41, 5.74) is 8.85. The number of imide groups is 1. The van der Waals surface area contributed by atoms with Crippen LogP contribution >= 0.6 is 0 Å². The molecule has 2 aromatic carbocycles. The van der Waals surface area contributed by atoms with Crippen LogP contribution in [0, 0.1) is 0 Å². The van der Waals surface area contributed by atoms with Crippen molar-refractivity contribution in [1.29, 1.82) is 0 Å². The largest absolute Gasteiger partial charge is 0.369 e. The number of nitrogens with zero attached hydrogens (tertiary/aromatic N) is 8. The van der Waals surface area contributed by atoms with Crippen molar-refractivity contribution < 1.29 is 9.59 Å². The second kappa shape index (κ2) is 11.7. The van der Waals surface area contributed by atoms with Gasteiger partial charge >= 0.3 is 6.03 Å². The van der Waals surface area contributed by atoms with Gasteiger partial charge in [0.05, 0.1) is 23.6 Å². The summed E-state index contributed by atoms with van der Waals surface area (Å²) in [5, 5.41) is 8.12. The molecule has 228 valence electrons. The Kier molecular flexibility index (Phi) is 7.07. The van der Waals surface area contributed by atoms with Crippen LogP contribution in [0.25, 0.3) is 38.8 Å². The minimum absolute atomic E-state index is 0.240. The van der Waals surface area contributed by atoms with Crippen molar-refractivity contribution >= 4 is 39.9 Å². The van der Waals surface area contributed by atoms with Crippen molar-refractivity contribution in [3.63, 3.8) is 0 Å². The molecule has 2 aliphatic heterocycles. The highest BCUT2D eigenvalue weighted by molar-refractivity contribution is 6.05. The summed E-state index contributed by atoms with van der Waals surface area (Å²) in [7, 11) is 0. The van der Waals surface area contributed by atoms with E-state index in [2.05, 4.69) is 60.5 Å². The summed E-state index contributed by atoms with van der Waals surface area (Å²) < 4.78 is 1.85. The lowest BCUT2D eigenvalue weighted by atomic mass is 10.0. The maximum Gasteiger partial charge on any atom is 0.328 e. The molecule has 0 bridgehead atoms. The summed E-state index contributed by atoms with van der Waals surface area (Å²) in [6.45, 7) is 4.65. The molecular weight excluding hydrogens is 578 g/mol. The summed E-state index contributed by atoms with van der Waals surface area (Å²) in [4.78, 5) is 44.0. The number of carbonyl (C=O) groups excluding carboxylic acids is 2. The van der Waals surface area contributed by atoms with Crippen molar-refractivity contribution in [2.45, 2.75) is 13.0 Å². The minimum atomic E-state index is -0.387. The highest BCUT2D eigenvalue weighted by Gasteiger charge is 2.27. The second-order valence-corrected chi connectivity index (χ2v) is 11.6. The third-order valence-corrected chi connectivity index (χ3v) is 8.86. The van der Waals surface area contributed by atoms with Gasteiger partial charge in [-0.1, -0.05) is 30.3 Å². The Bertz CT molecular complexity index is 2080. The molecule has 3 amide bonds. The quantitative estimate of drug-likeness (QED) is 0.287. The minimum Gasteiger partial charge on any atom is -0.369 e. The Hall–Kier alpha value is -5.68. The normalized spacial score (nSPS) is 15.9. The lowest BCUT2D eigenvalue weighted by molar-refractivity contribution is -0.120. The van der Waals surface area contributed by atoms with E-state index in [-0.39, 0.29) is 18.4 Å². The van der Waals surface area contributed by atoms with Crippen molar-refractivity contribution in [2.75, 3.05) is 42.5 Å². The molecule has 8 rings (SSSR count). The zero-order valence-corrected chi connectivity index (χ0v) is 25.1. The number of hydrogen-bond donors (Lipinski definition) is 1. The van der Waals surface area contributed by atoms with Crippen molar-refractivity contribution in [1.82, 2.24) is 34.8 Å². The Labute approximate surface area is 265 Å². The standard InChI is InChI=1S/C35H31N9O2/c45-33-11-14-43(35(46)40-33)32-21-36-12-9-25(32)22-41-15-17-42(18-16-41)27-7-5-24(6-8-27)26-19-38-34-30(20-39-44(34)23-26)28-10-13-37-31-4-2-1-3-29(28)31/h1-10,12-13,19-21,23H,11,14-18,22H2,(H,40,45,46). The first-order valence-electron chi connectivity index (χ1n) is 15.4. The molecule has 11 heteroatoms. The number of benzene rings is 2. The van der Waals surface area contributed by atoms with Gasteiger partial charge in [0.1, 0.15) is 0 Å². The molecule has 46 heavy (non-hydrogen) atoms. The van der Waals surface area contributed by atoms with E-state index in [0.717, 1.165) is 76.2 Å². The molecule has 1 N–H and O–H groups in total. The molecule has 2 fully saturated rings. The van der Waals surface area contributed by atoms with Crippen LogP contribution in [0.3, 0.4) is 0 Å². The fourth-order valence-electron chi connectivity index (χ4n) is 6.40. The number of pyridine rings is 2. The highest BCUT2D eigenvalue weighted by atomic mass is 16.2. The van der Waals surface area contributed by atoms with E-state index in [0.29, 0.717) is 13.1 Å². The summed E-state index contributed by atoms with van der Waals surface area (Å²) in [5.74, 6) is -0.240. The molecule has 0 radical (unpaired) electrons. The van der Waals surface area contributed by atoms with Crippen LogP contribution in [0.2, 0.25) is 0 Å². The van der Waals surface area contributed by atoms with Gasteiger partial charge in [0.15, 0.2) is 5.65 Å². The van der Waals surface area contributed by atoms with Gasteiger partial charge in [-0.15, -0.1) is 0 Å². The van der Waals surface area contributed by atoms with Crippen molar-refractivity contribution in [3.8, 4) is 22.3 Å². The van der Waals surface area contributed by atoms with Gasteiger partial charge in [-0.2, -0.15) is 5.10 Å². The van der Waals surface area contributed by atoms with E-state index in [9.17, 15) is 9.59 Å². The number of nitrogens with one attached hydrogen (secondary N) is 1. The van der Waals surface area contributed by atoms with Gasteiger partial charge in [0.2, 0.25) is 5.91 Å². The molecule has 2 saturated heterocycles. The predicted molar refractivity (Wildman–Crippen MR) is 176 cm³/mol. The Balaban J connectivity index is 0.937. The third kappa shape index (κ3) is 5.20. The third-order valence-electron chi connectivity index (χ3n) is 8.86. The fourth-order valence-corrected chi connectivity index (χ4v) is 6.40.